The van der Waals surface area contributed by atoms with Crippen molar-refractivity contribution in [3.8, 4) is 0 Å². The van der Waals surface area contributed by atoms with Crippen LogP contribution >= 0.6 is 0 Å². The zero-order chi connectivity index (χ0) is 12.6. The third kappa shape index (κ3) is 2.28. The maximum Gasteiger partial charge on any atom is 0.134 e. The van der Waals surface area contributed by atoms with E-state index in [1.807, 2.05) is 0 Å². The van der Waals surface area contributed by atoms with Gasteiger partial charge in [-0.2, -0.15) is 0 Å². The molecule has 0 spiro atoms. The number of nitrogens with zero attached hydrogens (tertiary/aromatic N) is 2. The molecule has 1 aliphatic rings. The second-order valence-electron chi connectivity index (χ2n) is 5.62. The van der Waals surface area contributed by atoms with Gasteiger partial charge in [-0.15, -0.1) is 0 Å². The van der Waals surface area contributed by atoms with Crippen molar-refractivity contribution < 1.29 is 0 Å². The second-order valence-corrected chi connectivity index (χ2v) is 5.62. The highest BCUT2D eigenvalue weighted by atomic mass is 15.0. The lowest BCUT2D eigenvalue weighted by molar-refractivity contribution is 0.607. The molecular formula is C14H23N3. The van der Waals surface area contributed by atoms with Gasteiger partial charge >= 0.3 is 0 Å². The smallest absolute Gasteiger partial charge is 0.134 e. The van der Waals surface area contributed by atoms with Gasteiger partial charge in [-0.3, -0.25) is 0 Å². The highest BCUT2D eigenvalue weighted by Gasteiger charge is 2.48. The van der Waals surface area contributed by atoms with E-state index in [2.05, 4.69) is 39.9 Å². The standard InChI is InChI=1S/C14H23N3/c1-6-10-9(3)16-13(11-8-14(11,4)5)17-12(10)15-7-2/h11H,6-8H2,1-5H3,(H,15,16,17). The first kappa shape index (κ1) is 12.3. The summed E-state index contributed by atoms with van der Waals surface area (Å²) in [6.45, 7) is 11.9. The molecule has 0 bridgehead atoms. The van der Waals surface area contributed by atoms with Crippen LogP contribution in [-0.2, 0) is 6.42 Å². The van der Waals surface area contributed by atoms with E-state index in [1.54, 1.807) is 0 Å². The van der Waals surface area contributed by atoms with Crippen molar-refractivity contribution in [2.45, 2.75) is 53.4 Å². The molecule has 1 heterocycles. The van der Waals surface area contributed by atoms with Gasteiger partial charge in [0.25, 0.3) is 0 Å². The first-order valence-electron chi connectivity index (χ1n) is 6.60. The SMILES string of the molecule is CCNc1nc(C2CC2(C)C)nc(C)c1CC. The van der Waals surface area contributed by atoms with Crippen LogP contribution in [0.2, 0.25) is 0 Å². The van der Waals surface area contributed by atoms with E-state index in [9.17, 15) is 0 Å². The first-order valence-corrected chi connectivity index (χ1v) is 6.60. The van der Waals surface area contributed by atoms with E-state index in [1.165, 1.54) is 12.0 Å². The Bertz CT molecular complexity index is 424. The average Bonchev–Trinajstić information content (AvgIpc) is 2.88. The number of hydrogen-bond acceptors (Lipinski definition) is 3. The summed E-state index contributed by atoms with van der Waals surface area (Å²) in [5.74, 6) is 2.62. The van der Waals surface area contributed by atoms with Crippen LogP contribution in [-0.4, -0.2) is 16.5 Å². The maximum absolute atomic E-state index is 4.73. The molecule has 1 aliphatic carbocycles. The molecule has 94 valence electrons. The zero-order valence-electron chi connectivity index (χ0n) is 11.6. The normalized spacial score (nSPS) is 21.4. The molecule has 0 aliphatic heterocycles. The summed E-state index contributed by atoms with van der Waals surface area (Å²) in [5.41, 5.74) is 2.79. The molecular weight excluding hydrogens is 210 g/mol. The number of aromatic nitrogens is 2. The molecule has 1 aromatic rings. The summed E-state index contributed by atoms with van der Waals surface area (Å²) in [6, 6.07) is 0. The number of anilines is 1. The Kier molecular flexibility index (Phi) is 3.11. The Morgan fingerprint density at radius 2 is 1.94 bits per heavy atom. The minimum atomic E-state index is 0.393. The number of aryl methyl sites for hydroxylation is 1. The number of hydrogen-bond donors (Lipinski definition) is 1. The predicted octanol–water partition coefficient (Wildman–Crippen LogP) is 3.29. The minimum Gasteiger partial charge on any atom is -0.370 e. The van der Waals surface area contributed by atoms with Crippen molar-refractivity contribution in [1.29, 1.82) is 0 Å². The first-order chi connectivity index (χ1) is 7.99. The van der Waals surface area contributed by atoms with E-state index >= 15 is 0 Å². The van der Waals surface area contributed by atoms with Gasteiger partial charge in [-0.25, -0.2) is 9.97 Å². The van der Waals surface area contributed by atoms with E-state index in [-0.39, 0.29) is 0 Å². The van der Waals surface area contributed by atoms with Gasteiger partial charge in [-0.1, -0.05) is 20.8 Å². The third-order valence-corrected chi connectivity index (χ3v) is 3.75. The van der Waals surface area contributed by atoms with Crippen molar-refractivity contribution in [2.75, 3.05) is 11.9 Å². The van der Waals surface area contributed by atoms with E-state index < -0.39 is 0 Å². The van der Waals surface area contributed by atoms with Crippen LogP contribution in [0.4, 0.5) is 5.82 Å². The van der Waals surface area contributed by atoms with Crippen LogP contribution in [0, 0.1) is 12.3 Å². The van der Waals surface area contributed by atoms with Gasteiger partial charge in [0.05, 0.1) is 0 Å². The van der Waals surface area contributed by atoms with E-state index in [0.29, 0.717) is 11.3 Å². The topological polar surface area (TPSA) is 37.8 Å². The molecule has 0 amide bonds. The lowest BCUT2D eigenvalue weighted by Crippen LogP contribution is -2.10. The monoisotopic (exact) mass is 233 g/mol. The molecule has 1 N–H and O–H groups in total. The zero-order valence-corrected chi connectivity index (χ0v) is 11.6. The molecule has 1 atom stereocenters. The van der Waals surface area contributed by atoms with Crippen molar-refractivity contribution >= 4 is 5.82 Å². The molecule has 3 heteroatoms. The fourth-order valence-electron chi connectivity index (χ4n) is 2.42. The molecule has 1 aromatic heterocycles. The number of rotatable bonds is 4. The fraction of sp³-hybridized carbons (Fsp3) is 0.714. The molecule has 1 unspecified atom stereocenters. The quantitative estimate of drug-likeness (QED) is 0.867. The maximum atomic E-state index is 4.73. The molecule has 2 rings (SSSR count). The highest BCUT2D eigenvalue weighted by Crippen LogP contribution is 2.57. The Morgan fingerprint density at radius 1 is 1.29 bits per heavy atom. The molecule has 0 radical (unpaired) electrons. The van der Waals surface area contributed by atoms with Crippen LogP contribution in [0.5, 0.6) is 0 Å². The summed E-state index contributed by atoms with van der Waals surface area (Å²) in [7, 11) is 0. The second kappa shape index (κ2) is 4.28. The van der Waals surface area contributed by atoms with Crippen molar-refractivity contribution in [3.63, 3.8) is 0 Å². The van der Waals surface area contributed by atoms with E-state index in [4.69, 9.17) is 9.97 Å². The molecule has 3 nitrogen and oxygen atoms in total. The molecule has 0 saturated heterocycles. The van der Waals surface area contributed by atoms with Gasteiger partial charge in [0.15, 0.2) is 0 Å². The van der Waals surface area contributed by atoms with Gasteiger partial charge in [0.2, 0.25) is 0 Å². The Labute approximate surface area is 104 Å². The van der Waals surface area contributed by atoms with Crippen LogP contribution in [0.1, 0.15) is 57.1 Å². The molecule has 17 heavy (non-hydrogen) atoms. The summed E-state index contributed by atoms with van der Waals surface area (Å²) >= 11 is 0. The van der Waals surface area contributed by atoms with Gasteiger partial charge in [0, 0.05) is 23.7 Å². The Morgan fingerprint density at radius 3 is 2.41 bits per heavy atom. The number of nitrogens with one attached hydrogen (secondary N) is 1. The Balaban J connectivity index is 2.36. The molecule has 0 aromatic carbocycles. The van der Waals surface area contributed by atoms with Crippen molar-refractivity contribution in [3.05, 3.63) is 17.1 Å². The molecule has 1 fully saturated rings. The Hall–Kier alpha value is -1.12. The minimum absolute atomic E-state index is 0.393. The van der Waals surface area contributed by atoms with Gasteiger partial charge < -0.3 is 5.32 Å². The highest BCUT2D eigenvalue weighted by molar-refractivity contribution is 5.47. The van der Waals surface area contributed by atoms with Gasteiger partial charge in [0.1, 0.15) is 11.6 Å². The van der Waals surface area contributed by atoms with Crippen molar-refractivity contribution in [2.24, 2.45) is 5.41 Å². The lowest BCUT2D eigenvalue weighted by atomic mass is 10.1. The third-order valence-electron chi connectivity index (χ3n) is 3.75. The van der Waals surface area contributed by atoms with Crippen LogP contribution in [0.15, 0.2) is 0 Å². The van der Waals surface area contributed by atoms with E-state index in [0.717, 1.165) is 30.3 Å². The van der Waals surface area contributed by atoms with Crippen LogP contribution in [0.3, 0.4) is 0 Å². The van der Waals surface area contributed by atoms with Crippen LogP contribution < -0.4 is 5.32 Å². The van der Waals surface area contributed by atoms with Crippen LogP contribution in [0.25, 0.3) is 0 Å². The summed E-state index contributed by atoms with van der Waals surface area (Å²) in [5, 5.41) is 3.37. The lowest BCUT2D eigenvalue weighted by Gasteiger charge is -2.13. The fourth-order valence-corrected chi connectivity index (χ4v) is 2.42. The predicted molar refractivity (Wildman–Crippen MR) is 71.4 cm³/mol. The largest absolute Gasteiger partial charge is 0.370 e. The van der Waals surface area contributed by atoms with Gasteiger partial charge in [-0.05, 0) is 32.1 Å². The summed E-state index contributed by atoms with van der Waals surface area (Å²) in [4.78, 5) is 9.42. The molecule has 1 saturated carbocycles. The summed E-state index contributed by atoms with van der Waals surface area (Å²) < 4.78 is 0. The van der Waals surface area contributed by atoms with Crippen molar-refractivity contribution in [1.82, 2.24) is 9.97 Å². The average molecular weight is 233 g/mol. The summed E-state index contributed by atoms with van der Waals surface area (Å²) in [6.07, 6.45) is 2.20.